The highest BCUT2D eigenvalue weighted by Gasteiger charge is 2.36. The largest absolute Gasteiger partial charge is 0.469 e. The van der Waals surface area contributed by atoms with Gasteiger partial charge in [-0.05, 0) is 43.4 Å². The van der Waals surface area contributed by atoms with Gasteiger partial charge in [-0.25, -0.2) is 4.79 Å². The normalized spacial score (nSPS) is 17.1. The molecule has 10 heteroatoms. The van der Waals surface area contributed by atoms with Gasteiger partial charge in [-0.15, -0.1) is 0 Å². The highest BCUT2D eigenvalue weighted by atomic mass is 16.5. The molecule has 3 N–H and O–H groups in total. The summed E-state index contributed by atoms with van der Waals surface area (Å²) >= 11 is 0. The van der Waals surface area contributed by atoms with Crippen LogP contribution in [0.15, 0.2) is 60.7 Å². The second kappa shape index (κ2) is 13.6. The van der Waals surface area contributed by atoms with E-state index in [0.717, 1.165) is 22.9 Å². The molecule has 0 unspecified atom stereocenters. The van der Waals surface area contributed by atoms with Gasteiger partial charge in [-0.3, -0.25) is 14.4 Å². The summed E-state index contributed by atoms with van der Waals surface area (Å²) in [5.74, 6) is -1.52. The van der Waals surface area contributed by atoms with Crippen LogP contribution in [0.2, 0.25) is 0 Å². The summed E-state index contributed by atoms with van der Waals surface area (Å²) in [6.45, 7) is 0.414. The molecular formula is C30H36N4O6. The van der Waals surface area contributed by atoms with Gasteiger partial charge in [-0.2, -0.15) is 0 Å². The van der Waals surface area contributed by atoms with Crippen molar-refractivity contribution < 1.29 is 28.7 Å². The first kappa shape index (κ1) is 28.7. The van der Waals surface area contributed by atoms with Gasteiger partial charge in [0.25, 0.3) is 5.91 Å². The summed E-state index contributed by atoms with van der Waals surface area (Å²) in [4.78, 5) is 51.0. The maximum atomic E-state index is 13.4. The Morgan fingerprint density at radius 2 is 1.77 bits per heavy atom. The summed E-state index contributed by atoms with van der Waals surface area (Å²) in [7, 11) is 3.14. The molecule has 3 amide bonds. The van der Waals surface area contributed by atoms with E-state index in [1.54, 1.807) is 17.7 Å². The van der Waals surface area contributed by atoms with Gasteiger partial charge in [-0.1, -0.05) is 55.0 Å². The lowest BCUT2D eigenvalue weighted by Gasteiger charge is -2.24. The SMILES string of the molecule is COC(=O)[C@H]1CCC[C@H]1NC(=O)[C@H](CCCNC(=O)OCc1ccccc1)NC(=O)c1cc2ccccc2n1C. The minimum atomic E-state index is -0.869. The number of benzene rings is 2. The van der Waals surface area contributed by atoms with Crippen molar-refractivity contribution in [3.8, 4) is 0 Å². The van der Waals surface area contributed by atoms with E-state index >= 15 is 0 Å². The second-order valence-electron chi connectivity index (χ2n) is 9.98. The first-order valence-corrected chi connectivity index (χ1v) is 13.6. The Labute approximate surface area is 233 Å². The van der Waals surface area contributed by atoms with E-state index in [-0.39, 0.29) is 43.4 Å². The van der Waals surface area contributed by atoms with Crippen LogP contribution in [0, 0.1) is 5.92 Å². The highest BCUT2D eigenvalue weighted by molar-refractivity contribution is 6.00. The number of nitrogens with one attached hydrogen (secondary N) is 3. The maximum Gasteiger partial charge on any atom is 0.407 e. The van der Waals surface area contributed by atoms with Crippen molar-refractivity contribution in [1.82, 2.24) is 20.5 Å². The van der Waals surface area contributed by atoms with Crippen LogP contribution in [-0.2, 0) is 32.7 Å². The topological polar surface area (TPSA) is 128 Å². The molecule has 40 heavy (non-hydrogen) atoms. The molecule has 212 valence electrons. The van der Waals surface area contributed by atoms with Crippen LogP contribution in [-0.4, -0.2) is 54.2 Å². The van der Waals surface area contributed by atoms with E-state index in [0.29, 0.717) is 25.0 Å². The molecule has 0 aliphatic heterocycles. The fraction of sp³-hybridized carbons (Fsp3) is 0.400. The van der Waals surface area contributed by atoms with E-state index in [9.17, 15) is 19.2 Å². The number of carbonyl (C=O) groups is 4. The van der Waals surface area contributed by atoms with Crippen LogP contribution in [0.25, 0.3) is 10.9 Å². The second-order valence-corrected chi connectivity index (χ2v) is 9.98. The fourth-order valence-electron chi connectivity index (χ4n) is 5.13. The van der Waals surface area contributed by atoms with Crippen LogP contribution in [0.3, 0.4) is 0 Å². The first-order chi connectivity index (χ1) is 19.4. The van der Waals surface area contributed by atoms with Crippen LogP contribution < -0.4 is 16.0 Å². The predicted molar refractivity (Wildman–Crippen MR) is 149 cm³/mol. The number of aromatic nitrogens is 1. The van der Waals surface area contributed by atoms with Gasteiger partial charge in [0, 0.05) is 30.5 Å². The first-order valence-electron chi connectivity index (χ1n) is 13.6. The van der Waals surface area contributed by atoms with E-state index < -0.39 is 18.1 Å². The number of hydrogen-bond donors (Lipinski definition) is 3. The Morgan fingerprint density at radius 1 is 1.02 bits per heavy atom. The number of para-hydroxylation sites is 1. The summed E-state index contributed by atoms with van der Waals surface area (Å²) in [5, 5.41) is 9.44. The van der Waals surface area contributed by atoms with Gasteiger partial charge in [0.1, 0.15) is 18.3 Å². The standard InChI is InChI=1S/C30H36N4O6/c1-34-25-16-7-6-12-21(25)18-26(34)28(36)33-24(27(35)32-23-14-8-13-22(23)29(37)39-2)15-9-17-31-30(38)40-19-20-10-4-3-5-11-20/h3-7,10-12,16,18,22-24H,8-9,13-15,17,19H2,1-2H3,(H,31,38)(H,32,35)(H,33,36)/t22-,23+,24-/m0/s1. The molecule has 10 nitrogen and oxygen atoms in total. The van der Waals surface area contributed by atoms with Crippen molar-refractivity contribution in [2.75, 3.05) is 13.7 Å². The fourth-order valence-corrected chi connectivity index (χ4v) is 5.13. The zero-order valence-corrected chi connectivity index (χ0v) is 22.9. The summed E-state index contributed by atoms with van der Waals surface area (Å²) < 4.78 is 11.9. The molecule has 3 aromatic rings. The number of ether oxygens (including phenoxy) is 2. The predicted octanol–water partition coefficient (Wildman–Crippen LogP) is 3.44. The molecule has 1 saturated carbocycles. The third-order valence-electron chi connectivity index (χ3n) is 7.31. The molecule has 0 bridgehead atoms. The van der Waals surface area contributed by atoms with Crippen LogP contribution in [0.1, 0.15) is 48.2 Å². The summed E-state index contributed by atoms with van der Waals surface area (Å²) in [5.41, 5.74) is 2.20. The van der Waals surface area contributed by atoms with Gasteiger partial charge < -0.3 is 30.0 Å². The Kier molecular flexibility index (Phi) is 9.77. The lowest BCUT2D eigenvalue weighted by Crippen LogP contribution is -2.51. The molecule has 3 atom stereocenters. The number of hydrogen-bond acceptors (Lipinski definition) is 6. The summed E-state index contributed by atoms with van der Waals surface area (Å²) in [6, 6.07) is 17.6. The van der Waals surface area contributed by atoms with Crippen molar-refractivity contribution in [2.45, 2.75) is 50.8 Å². The Balaban J connectivity index is 1.37. The highest BCUT2D eigenvalue weighted by Crippen LogP contribution is 2.27. The lowest BCUT2D eigenvalue weighted by atomic mass is 10.0. The van der Waals surface area contributed by atoms with E-state index in [4.69, 9.17) is 9.47 Å². The van der Waals surface area contributed by atoms with Crippen LogP contribution >= 0.6 is 0 Å². The molecule has 1 fully saturated rings. The average Bonchev–Trinajstić information content (AvgIpc) is 3.57. The van der Waals surface area contributed by atoms with Crippen molar-refractivity contribution in [3.63, 3.8) is 0 Å². The van der Waals surface area contributed by atoms with Crippen molar-refractivity contribution >= 4 is 34.8 Å². The number of carbonyl (C=O) groups excluding carboxylic acids is 4. The number of aryl methyl sites for hydroxylation is 1. The molecule has 1 aliphatic carbocycles. The zero-order chi connectivity index (χ0) is 28.5. The Morgan fingerprint density at radius 3 is 2.52 bits per heavy atom. The Hall–Kier alpha value is -4.34. The lowest BCUT2D eigenvalue weighted by molar-refractivity contribution is -0.146. The van der Waals surface area contributed by atoms with Crippen molar-refractivity contribution in [3.05, 3.63) is 71.9 Å². The third-order valence-corrected chi connectivity index (χ3v) is 7.31. The summed E-state index contributed by atoms with van der Waals surface area (Å²) in [6.07, 6.45) is 2.22. The van der Waals surface area contributed by atoms with Crippen LogP contribution in [0.4, 0.5) is 4.79 Å². The number of rotatable bonds is 11. The minimum Gasteiger partial charge on any atom is -0.469 e. The van der Waals surface area contributed by atoms with Crippen molar-refractivity contribution in [1.29, 1.82) is 0 Å². The Bertz CT molecular complexity index is 1340. The molecule has 1 heterocycles. The molecule has 0 spiro atoms. The van der Waals surface area contributed by atoms with Gasteiger partial charge in [0.05, 0.1) is 13.0 Å². The number of alkyl carbamates (subject to hydrolysis) is 1. The van der Waals surface area contributed by atoms with Gasteiger partial charge in [0.15, 0.2) is 0 Å². The minimum absolute atomic E-state index is 0.154. The molecule has 4 rings (SSSR count). The molecule has 0 saturated heterocycles. The smallest absolute Gasteiger partial charge is 0.407 e. The number of amides is 3. The number of fused-ring (bicyclic) bond motifs is 1. The van der Waals surface area contributed by atoms with Gasteiger partial charge in [0.2, 0.25) is 5.91 Å². The van der Waals surface area contributed by atoms with Crippen LogP contribution in [0.5, 0.6) is 0 Å². The van der Waals surface area contributed by atoms with E-state index in [1.165, 1.54) is 7.11 Å². The van der Waals surface area contributed by atoms with Crippen molar-refractivity contribution in [2.24, 2.45) is 13.0 Å². The number of esters is 1. The molecule has 0 radical (unpaired) electrons. The van der Waals surface area contributed by atoms with E-state index in [1.807, 2.05) is 54.6 Å². The van der Waals surface area contributed by atoms with E-state index in [2.05, 4.69) is 16.0 Å². The molecule has 1 aliphatic rings. The third kappa shape index (κ3) is 7.19. The monoisotopic (exact) mass is 548 g/mol. The molecular weight excluding hydrogens is 512 g/mol. The van der Waals surface area contributed by atoms with Gasteiger partial charge >= 0.3 is 12.1 Å². The maximum absolute atomic E-state index is 13.4. The number of methoxy groups -OCH3 is 1. The molecule has 2 aromatic carbocycles. The molecule has 1 aromatic heterocycles. The zero-order valence-electron chi connectivity index (χ0n) is 22.9. The quantitative estimate of drug-likeness (QED) is 0.249. The average molecular weight is 549 g/mol. The number of nitrogens with zero attached hydrogens (tertiary/aromatic N) is 1.